The third-order valence-electron chi connectivity index (χ3n) is 3.32. The van der Waals surface area contributed by atoms with Gasteiger partial charge in [0.15, 0.2) is 0 Å². The quantitative estimate of drug-likeness (QED) is 0.869. The molecular weight excluding hydrogens is 220 g/mol. The number of pyridine rings is 1. The van der Waals surface area contributed by atoms with Gasteiger partial charge in [-0.1, -0.05) is 30.3 Å². The molecule has 0 aliphatic carbocycles. The summed E-state index contributed by atoms with van der Waals surface area (Å²) in [4.78, 5) is 4.39. The van der Waals surface area contributed by atoms with Gasteiger partial charge in [0, 0.05) is 24.4 Å². The largest absolute Gasteiger partial charge is 0.316 e. The van der Waals surface area contributed by atoms with Gasteiger partial charge in [-0.3, -0.25) is 4.98 Å². The molecule has 0 bridgehead atoms. The molecule has 0 fully saturated rings. The molecule has 94 valence electrons. The highest BCUT2D eigenvalue weighted by Gasteiger charge is 2.10. The zero-order valence-corrected chi connectivity index (χ0v) is 11.1. The van der Waals surface area contributed by atoms with E-state index >= 15 is 0 Å². The SMILES string of the molecule is CNC(Cc1ccccn1)Cc1ccccc1C. The van der Waals surface area contributed by atoms with E-state index in [0.717, 1.165) is 18.5 Å². The third kappa shape index (κ3) is 3.41. The van der Waals surface area contributed by atoms with E-state index in [9.17, 15) is 0 Å². The molecule has 0 saturated carbocycles. The molecule has 0 radical (unpaired) electrons. The molecular formula is C16H20N2. The van der Waals surface area contributed by atoms with Crippen LogP contribution in [0.1, 0.15) is 16.8 Å². The third-order valence-corrected chi connectivity index (χ3v) is 3.32. The molecule has 2 heteroatoms. The fourth-order valence-corrected chi connectivity index (χ4v) is 2.15. The molecule has 1 aromatic carbocycles. The maximum Gasteiger partial charge on any atom is 0.0419 e. The lowest BCUT2D eigenvalue weighted by molar-refractivity contribution is 0.549. The standard InChI is InChI=1S/C16H20N2/c1-13-7-3-4-8-14(13)11-16(17-2)12-15-9-5-6-10-18-15/h3-10,16-17H,11-12H2,1-2H3. The van der Waals surface area contributed by atoms with Crippen molar-refractivity contribution in [2.75, 3.05) is 7.05 Å². The van der Waals surface area contributed by atoms with Gasteiger partial charge in [-0.15, -0.1) is 0 Å². The number of nitrogens with zero attached hydrogens (tertiary/aromatic N) is 1. The van der Waals surface area contributed by atoms with Gasteiger partial charge in [-0.25, -0.2) is 0 Å². The maximum absolute atomic E-state index is 4.39. The van der Waals surface area contributed by atoms with E-state index in [4.69, 9.17) is 0 Å². The average molecular weight is 240 g/mol. The van der Waals surface area contributed by atoms with Gasteiger partial charge in [0.05, 0.1) is 0 Å². The van der Waals surface area contributed by atoms with Gasteiger partial charge in [0.1, 0.15) is 0 Å². The minimum Gasteiger partial charge on any atom is -0.316 e. The second kappa shape index (κ2) is 6.31. The number of hydrogen-bond acceptors (Lipinski definition) is 2. The Labute approximate surface area is 109 Å². The van der Waals surface area contributed by atoms with Crippen molar-refractivity contribution in [3.63, 3.8) is 0 Å². The Bertz CT molecular complexity index is 479. The molecule has 1 unspecified atom stereocenters. The molecule has 2 aromatic rings. The van der Waals surface area contributed by atoms with Crippen LogP contribution in [0.25, 0.3) is 0 Å². The average Bonchev–Trinajstić information content (AvgIpc) is 2.41. The molecule has 2 nitrogen and oxygen atoms in total. The molecule has 0 spiro atoms. The fourth-order valence-electron chi connectivity index (χ4n) is 2.15. The van der Waals surface area contributed by atoms with Crippen molar-refractivity contribution in [3.05, 3.63) is 65.5 Å². The number of likely N-dealkylation sites (N-methyl/N-ethyl adjacent to an activating group) is 1. The summed E-state index contributed by atoms with van der Waals surface area (Å²) in [6, 6.07) is 15.1. The minimum atomic E-state index is 0.431. The summed E-state index contributed by atoms with van der Waals surface area (Å²) in [5.74, 6) is 0. The first-order valence-electron chi connectivity index (χ1n) is 6.41. The van der Waals surface area contributed by atoms with Crippen molar-refractivity contribution in [3.8, 4) is 0 Å². The molecule has 0 amide bonds. The van der Waals surface area contributed by atoms with E-state index in [0.29, 0.717) is 6.04 Å². The van der Waals surface area contributed by atoms with E-state index in [-0.39, 0.29) is 0 Å². The van der Waals surface area contributed by atoms with Crippen molar-refractivity contribution in [1.82, 2.24) is 10.3 Å². The van der Waals surface area contributed by atoms with Gasteiger partial charge < -0.3 is 5.32 Å². The van der Waals surface area contributed by atoms with E-state index in [1.807, 2.05) is 25.4 Å². The summed E-state index contributed by atoms with van der Waals surface area (Å²) in [7, 11) is 2.02. The molecule has 2 rings (SSSR count). The predicted molar refractivity (Wildman–Crippen MR) is 75.7 cm³/mol. The summed E-state index contributed by atoms with van der Waals surface area (Å²) in [6.45, 7) is 2.17. The smallest absolute Gasteiger partial charge is 0.0419 e. The lowest BCUT2D eigenvalue weighted by Crippen LogP contribution is -2.30. The number of aromatic nitrogens is 1. The number of nitrogens with one attached hydrogen (secondary N) is 1. The summed E-state index contributed by atoms with van der Waals surface area (Å²) < 4.78 is 0. The number of hydrogen-bond donors (Lipinski definition) is 1. The van der Waals surface area contributed by atoms with E-state index in [1.54, 1.807) is 0 Å². The molecule has 0 aliphatic rings. The first-order chi connectivity index (χ1) is 8.79. The normalized spacial score (nSPS) is 12.3. The van der Waals surface area contributed by atoms with Crippen LogP contribution in [0.3, 0.4) is 0 Å². The Morgan fingerprint density at radius 2 is 1.83 bits per heavy atom. The van der Waals surface area contributed by atoms with Crippen molar-refractivity contribution in [2.45, 2.75) is 25.8 Å². The first-order valence-corrected chi connectivity index (χ1v) is 6.41. The molecule has 18 heavy (non-hydrogen) atoms. The second-order valence-electron chi connectivity index (χ2n) is 4.64. The highest BCUT2D eigenvalue weighted by atomic mass is 14.9. The van der Waals surface area contributed by atoms with Crippen LogP contribution in [0.5, 0.6) is 0 Å². The Morgan fingerprint density at radius 3 is 2.50 bits per heavy atom. The summed E-state index contributed by atoms with van der Waals surface area (Å²) in [6.07, 6.45) is 3.86. The summed E-state index contributed by atoms with van der Waals surface area (Å²) in [5, 5.41) is 3.39. The van der Waals surface area contributed by atoms with Crippen LogP contribution in [0.4, 0.5) is 0 Å². The maximum atomic E-state index is 4.39. The zero-order valence-electron chi connectivity index (χ0n) is 11.1. The Balaban J connectivity index is 2.04. The van der Waals surface area contributed by atoms with Crippen LogP contribution in [0, 0.1) is 6.92 Å². The number of rotatable bonds is 5. The Morgan fingerprint density at radius 1 is 1.06 bits per heavy atom. The molecule has 0 saturated heterocycles. The van der Waals surface area contributed by atoms with Crippen molar-refractivity contribution < 1.29 is 0 Å². The highest BCUT2D eigenvalue weighted by molar-refractivity contribution is 5.26. The minimum absolute atomic E-state index is 0.431. The van der Waals surface area contributed by atoms with Crippen LogP contribution >= 0.6 is 0 Å². The van der Waals surface area contributed by atoms with Gasteiger partial charge in [0.25, 0.3) is 0 Å². The van der Waals surface area contributed by atoms with Crippen molar-refractivity contribution in [2.24, 2.45) is 0 Å². The monoisotopic (exact) mass is 240 g/mol. The van der Waals surface area contributed by atoms with Crippen LogP contribution in [-0.4, -0.2) is 18.1 Å². The molecule has 1 N–H and O–H groups in total. The van der Waals surface area contributed by atoms with E-state index in [1.165, 1.54) is 11.1 Å². The molecule has 1 heterocycles. The second-order valence-corrected chi connectivity index (χ2v) is 4.64. The Hall–Kier alpha value is -1.67. The van der Waals surface area contributed by atoms with Crippen molar-refractivity contribution >= 4 is 0 Å². The molecule has 0 aliphatic heterocycles. The predicted octanol–water partition coefficient (Wildman–Crippen LogP) is 2.76. The van der Waals surface area contributed by atoms with Crippen molar-refractivity contribution in [1.29, 1.82) is 0 Å². The zero-order chi connectivity index (χ0) is 12.8. The summed E-state index contributed by atoms with van der Waals surface area (Å²) in [5.41, 5.74) is 3.91. The lowest BCUT2D eigenvalue weighted by atomic mass is 9.98. The number of aryl methyl sites for hydroxylation is 1. The van der Waals surface area contributed by atoms with E-state index < -0.39 is 0 Å². The lowest BCUT2D eigenvalue weighted by Gasteiger charge is -2.17. The summed E-state index contributed by atoms with van der Waals surface area (Å²) >= 11 is 0. The van der Waals surface area contributed by atoms with Gasteiger partial charge in [0.2, 0.25) is 0 Å². The molecule has 1 atom stereocenters. The highest BCUT2D eigenvalue weighted by Crippen LogP contribution is 2.11. The van der Waals surface area contributed by atoms with Gasteiger partial charge in [-0.05, 0) is 43.7 Å². The van der Waals surface area contributed by atoms with Crippen LogP contribution in [-0.2, 0) is 12.8 Å². The number of benzene rings is 1. The van der Waals surface area contributed by atoms with E-state index in [2.05, 4.69) is 47.6 Å². The molecule has 1 aromatic heterocycles. The van der Waals surface area contributed by atoms with Gasteiger partial charge >= 0.3 is 0 Å². The first kappa shape index (κ1) is 12.8. The van der Waals surface area contributed by atoms with Crippen LogP contribution in [0.15, 0.2) is 48.7 Å². The van der Waals surface area contributed by atoms with Gasteiger partial charge in [-0.2, -0.15) is 0 Å². The topological polar surface area (TPSA) is 24.9 Å². The van der Waals surface area contributed by atoms with Crippen LogP contribution in [0.2, 0.25) is 0 Å². The Kier molecular flexibility index (Phi) is 4.48. The fraction of sp³-hybridized carbons (Fsp3) is 0.312. The van der Waals surface area contributed by atoms with Crippen LogP contribution < -0.4 is 5.32 Å².